The van der Waals surface area contributed by atoms with Crippen LogP contribution in [0, 0.1) is 5.92 Å². The third kappa shape index (κ3) is 14.1. The average molecular weight is 283 g/mol. The van der Waals surface area contributed by atoms with Crippen LogP contribution >= 0.6 is 0 Å². The lowest BCUT2D eigenvalue weighted by Gasteiger charge is -2.11. The first-order valence-electron chi connectivity index (χ1n) is 9.12. The van der Waals surface area contributed by atoms with E-state index in [0.29, 0.717) is 6.61 Å². The molecule has 120 valence electrons. The summed E-state index contributed by atoms with van der Waals surface area (Å²) in [5, 5.41) is 8.70. The third-order valence-electron chi connectivity index (χ3n) is 4.03. The van der Waals surface area contributed by atoms with Crippen LogP contribution in [-0.4, -0.2) is 11.7 Å². The van der Waals surface area contributed by atoms with Gasteiger partial charge in [0.05, 0.1) is 0 Å². The van der Waals surface area contributed by atoms with Crippen molar-refractivity contribution in [2.45, 2.75) is 97.3 Å². The van der Waals surface area contributed by atoms with Crippen molar-refractivity contribution in [1.82, 2.24) is 0 Å². The molecule has 0 aromatic carbocycles. The van der Waals surface area contributed by atoms with E-state index in [0.717, 1.165) is 12.3 Å². The maximum absolute atomic E-state index is 8.70. The second kappa shape index (κ2) is 16.8. The molecule has 0 aliphatic carbocycles. The summed E-state index contributed by atoms with van der Waals surface area (Å²) in [5.41, 5.74) is 0. The Balaban J connectivity index is 3.51. The van der Waals surface area contributed by atoms with Gasteiger partial charge >= 0.3 is 0 Å². The van der Waals surface area contributed by atoms with Crippen molar-refractivity contribution < 1.29 is 5.11 Å². The molecule has 0 saturated heterocycles. The molecule has 0 amide bonds. The van der Waals surface area contributed by atoms with Crippen LogP contribution in [0.25, 0.3) is 0 Å². The molecule has 0 fully saturated rings. The van der Waals surface area contributed by atoms with E-state index in [1.54, 1.807) is 0 Å². The van der Waals surface area contributed by atoms with Crippen molar-refractivity contribution in [3.05, 3.63) is 12.2 Å². The van der Waals surface area contributed by atoms with Gasteiger partial charge in [0, 0.05) is 6.61 Å². The molecule has 1 unspecified atom stereocenters. The molecule has 1 atom stereocenters. The molecule has 0 aromatic heterocycles. The Morgan fingerprint density at radius 3 is 2.10 bits per heavy atom. The maximum Gasteiger partial charge on any atom is 0.0431 e. The Morgan fingerprint density at radius 1 is 0.750 bits per heavy atom. The summed E-state index contributed by atoms with van der Waals surface area (Å²) < 4.78 is 0. The van der Waals surface area contributed by atoms with Crippen molar-refractivity contribution in [2.24, 2.45) is 5.92 Å². The summed E-state index contributed by atoms with van der Waals surface area (Å²) in [5.74, 6) is 0.830. The molecule has 0 saturated carbocycles. The molecule has 1 N–H and O–H groups in total. The van der Waals surface area contributed by atoms with Gasteiger partial charge in [0.1, 0.15) is 0 Å². The molecule has 0 aliphatic heterocycles. The lowest BCUT2D eigenvalue weighted by atomic mass is 9.95. The van der Waals surface area contributed by atoms with Gasteiger partial charge in [-0.1, -0.05) is 77.4 Å². The van der Waals surface area contributed by atoms with E-state index < -0.39 is 0 Å². The van der Waals surface area contributed by atoms with Gasteiger partial charge in [0.15, 0.2) is 0 Å². The fourth-order valence-electron chi connectivity index (χ4n) is 2.73. The van der Waals surface area contributed by atoms with Crippen molar-refractivity contribution in [1.29, 1.82) is 0 Å². The zero-order valence-corrected chi connectivity index (χ0v) is 14.1. The van der Waals surface area contributed by atoms with Crippen LogP contribution in [0.4, 0.5) is 0 Å². The normalized spacial score (nSPS) is 13.2. The van der Waals surface area contributed by atoms with Crippen LogP contribution < -0.4 is 0 Å². The van der Waals surface area contributed by atoms with E-state index in [2.05, 4.69) is 26.0 Å². The van der Waals surface area contributed by atoms with E-state index in [1.807, 2.05) is 0 Å². The van der Waals surface area contributed by atoms with Crippen LogP contribution in [0.15, 0.2) is 12.2 Å². The van der Waals surface area contributed by atoms with E-state index in [4.69, 9.17) is 5.11 Å². The molecule has 0 radical (unpaired) electrons. The number of unbranched alkanes of at least 4 members (excludes halogenated alkanes) is 8. The van der Waals surface area contributed by atoms with E-state index in [1.165, 1.54) is 77.0 Å². The van der Waals surface area contributed by atoms with Crippen LogP contribution in [0.1, 0.15) is 97.3 Å². The predicted octanol–water partition coefficient (Wildman–Crippen LogP) is 6.26. The summed E-state index contributed by atoms with van der Waals surface area (Å²) in [4.78, 5) is 0. The SMILES string of the molecule is CCCCCC(/C=C\CCCCCCCCO)CCC. The molecule has 0 aromatic rings. The largest absolute Gasteiger partial charge is 0.396 e. The minimum Gasteiger partial charge on any atom is -0.396 e. The van der Waals surface area contributed by atoms with Crippen molar-refractivity contribution in [3.63, 3.8) is 0 Å². The van der Waals surface area contributed by atoms with Gasteiger partial charge in [0.2, 0.25) is 0 Å². The Morgan fingerprint density at radius 2 is 1.45 bits per heavy atom. The molecule has 1 heteroatoms. The minimum atomic E-state index is 0.361. The Hall–Kier alpha value is -0.300. The summed E-state index contributed by atoms with van der Waals surface area (Å²) in [6, 6.07) is 0. The van der Waals surface area contributed by atoms with Crippen LogP contribution in [0.5, 0.6) is 0 Å². The summed E-state index contributed by atoms with van der Waals surface area (Å²) in [7, 11) is 0. The quantitative estimate of drug-likeness (QED) is 0.277. The maximum atomic E-state index is 8.70. The molecule has 0 rings (SSSR count). The Kier molecular flexibility index (Phi) is 16.5. The van der Waals surface area contributed by atoms with Gasteiger partial charge in [-0.25, -0.2) is 0 Å². The minimum absolute atomic E-state index is 0.361. The molecule has 0 bridgehead atoms. The summed E-state index contributed by atoms with van der Waals surface area (Å²) in [6.07, 6.45) is 21.9. The van der Waals surface area contributed by atoms with E-state index >= 15 is 0 Å². The summed E-state index contributed by atoms with van der Waals surface area (Å²) >= 11 is 0. The smallest absolute Gasteiger partial charge is 0.0431 e. The molecular weight excluding hydrogens is 244 g/mol. The zero-order chi connectivity index (χ0) is 14.9. The van der Waals surface area contributed by atoms with E-state index in [-0.39, 0.29) is 0 Å². The highest BCUT2D eigenvalue weighted by Crippen LogP contribution is 2.18. The molecule has 0 spiro atoms. The second-order valence-corrected chi connectivity index (χ2v) is 6.11. The van der Waals surface area contributed by atoms with Crippen molar-refractivity contribution in [2.75, 3.05) is 6.61 Å². The average Bonchev–Trinajstić information content (AvgIpc) is 2.45. The number of hydrogen-bond donors (Lipinski definition) is 1. The molecule has 1 nitrogen and oxygen atoms in total. The number of rotatable bonds is 15. The van der Waals surface area contributed by atoms with Crippen LogP contribution in [-0.2, 0) is 0 Å². The molecule has 20 heavy (non-hydrogen) atoms. The van der Waals surface area contributed by atoms with Crippen LogP contribution in [0.3, 0.4) is 0 Å². The van der Waals surface area contributed by atoms with Gasteiger partial charge in [-0.05, 0) is 38.0 Å². The first-order valence-corrected chi connectivity index (χ1v) is 9.12. The van der Waals surface area contributed by atoms with Gasteiger partial charge in [-0.3, -0.25) is 0 Å². The fraction of sp³-hybridized carbons (Fsp3) is 0.895. The highest BCUT2D eigenvalue weighted by molar-refractivity contribution is 4.88. The summed E-state index contributed by atoms with van der Waals surface area (Å²) in [6.45, 7) is 4.94. The highest BCUT2D eigenvalue weighted by Gasteiger charge is 2.02. The van der Waals surface area contributed by atoms with Crippen molar-refractivity contribution in [3.8, 4) is 0 Å². The molecule has 0 heterocycles. The second-order valence-electron chi connectivity index (χ2n) is 6.11. The fourth-order valence-corrected chi connectivity index (χ4v) is 2.73. The van der Waals surface area contributed by atoms with E-state index in [9.17, 15) is 0 Å². The van der Waals surface area contributed by atoms with Crippen LogP contribution in [0.2, 0.25) is 0 Å². The standard InChI is InChI=1S/C19H38O/c1-3-5-12-16-19(15-4-2)17-13-10-8-6-7-9-11-14-18-20/h13,17,19-20H,3-12,14-16,18H2,1-2H3/b17-13-. The topological polar surface area (TPSA) is 20.2 Å². The lowest BCUT2D eigenvalue weighted by molar-refractivity contribution is 0.282. The monoisotopic (exact) mass is 282 g/mol. The number of allylic oxidation sites excluding steroid dienone is 2. The van der Waals surface area contributed by atoms with Gasteiger partial charge in [0.25, 0.3) is 0 Å². The lowest BCUT2D eigenvalue weighted by Crippen LogP contribution is -1.96. The highest BCUT2D eigenvalue weighted by atomic mass is 16.2. The predicted molar refractivity (Wildman–Crippen MR) is 91.1 cm³/mol. The first kappa shape index (κ1) is 19.7. The van der Waals surface area contributed by atoms with Crippen molar-refractivity contribution >= 4 is 0 Å². The number of aliphatic hydroxyl groups excluding tert-OH is 1. The van der Waals surface area contributed by atoms with Gasteiger partial charge in [-0.15, -0.1) is 0 Å². The number of hydrogen-bond acceptors (Lipinski definition) is 1. The van der Waals surface area contributed by atoms with Gasteiger partial charge < -0.3 is 5.11 Å². The van der Waals surface area contributed by atoms with Gasteiger partial charge in [-0.2, -0.15) is 0 Å². The zero-order valence-electron chi connectivity index (χ0n) is 14.1. The Labute approximate surface area is 127 Å². The first-order chi connectivity index (χ1) is 9.85. The number of aliphatic hydroxyl groups is 1. The third-order valence-corrected chi connectivity index (χ3v) is 4.03. The molecular formula is C19H38O. The molecule has 0 aliphatic rings. The Bertz CT molecular complexity index is 198.